The van der Waals surface area contributed by atoms with E-state index in [4.69, 9.17) is 0 Å². The Morgan fingerprint density at radius 1 is 1.14 bits per heavy atom. The minimum Gasteiger partial charge on any atom is -0.341 e. The number of benzene rings is 1. The third-order valence-corrected chi connectivity index (χ3v) is 4.57. The van der Waals surface area contributed by atoms with Crippen LogP contribution >= 0.6 is 12.4 Å². The molecule has 1 aliphatic rings. The smallest absolute Gasteiger partial charge is 0.233 e. The predicted molar refractivity (Wildman–Crippen MR) is 90.0 cm³/mol. The van der Waals surface area contributed by atoms with Crippen LogP contribution in [0, 0.1) is 0 Å². The summed E-state index contributed by atoms with van der Waals surface area (Å²) >= 11 is 0. The van der Waals surface area contributed by atoms with Gasteiger partial charge in [0.1, 0.15) is 0 Å². The van der Waals surface area contributed by atoms with Crippen LogP contribution < -0.4 is 5.32 Å². The molecule has 0 atom stereocenters. The molecule has 0 radical (unpaired) electrons. The Bertz CT molecular complexity index is 424. The van der Waals surface area contributed by atoms with Gasteiger partial charge in [-0.2, -0.15) is 0 Å². The maximum absolute atomic E-state index is 13.1. The first kappa shape index (κ1) is 18.0. The molecule has 0 bridgehead atoms. The zero-order valence-electron chi connectivity index (χ0n) is 13.1. The van der Waals surface area contributed by atoms with E-state index in [-0.39, 0.29) is 17.8 Å². The molecule has 2 rings (SSSR count). The Labute approximate surface area is 134 Å². The molecule has 1 heterocycles. The second kappa shape index (κ2) is 8.40. The Hall–Kier alpha value is -1.06. The van der Waals surface area contributed by atoms with E-state index in [0.29, 0.717) is 5.91 Å². The van der Waals surface area contributed by atoms with Gasteiger partial charge in [0, 0.05) is 19.6 Å². The largest absolute Gasteiger partial charge is 0.341 e. The molecule has 1 fully saturated rings. The molecule has 0 saturated carbocycles. The summed E-state index contributed by atoms with van der Waals surface area (Å²) in [4.78, 5) is 15.2. The monoisotopic (exact) mass is 310 g/mol. The molecule has 0 aromatic heterocycles. The summed E-state index contributed by atoms with van der Waals surface area (Å²) in [5, 5.41) is 3.37. The summed E-state index contributed by atoms with van der Waals surface area (Å²) in [6, 6.07) is 10.3. The van der Waals surface area contributed by atoms with Gasteiger partial charge in [-0.1, -0.05) is 44.2 Å². The van der Waals surface area contributed by atoms with Crippen LogP contribution in [0.2, 0.25) is 0 Å². The number of carbonyl (C=O) groups excluding carboxylic acids is 1. The Morgan fingerprint density at radius 2 is 1.81 bits per heavy atom. The zero-order valence-corrected chi connectivity index (χ0v) is 13.9. The van der Waals surface area contributed by atoms with E-state index in [1.807, 2.05) is 18.2 Å². The van der Waals surface area contributed by atoms with E-state index in [1.165, 1.54) is 0 Å². The fourth-order valence-corrected chi connectivity index (χ4v) is 3.19. The Balaban J connectivity index is 0.00000220. The van der Waals surface area contributed by atoms with Crippen molar-refractivity contribution in [2.45, 2.75) is 38.5 Å². The van der Waals surface area contributed by atoms with E-state index < -0.39 is 0 Å². The van der Waals surface area contributed by atoms with Crippen molar-refractivity contribution in [1.29, 1.82) is 0 Å². The van der Waals surface area contributed by atoms with E-state index >= 15 is 0 Å². The van der Waals surface area contributed by atoms with E-state index in [0.717, 1.165) is 51.0 Å². The number of carbonyl (C=O) groups is 1. The predicted octanol–water partition coefficient (Wildman–Crippen LogP) is 2.99. The van der Waals surface area contributed by atoms with Crippen molar-refractivity contribution in [2.75, 3.05) is 26.2 Å². The minimum atomic E-state index is -0.356. The highest BCUT2D eigenvalue weighted by atomic mass is 35.5. The van der Waals surface area contributed by atoms with Gasteiger partial charge in [0.2, 0.25) is 5.91 Å². The first-order chi connectivity index (χ1) is 9.74. The van der Waals surface area contributed by atoms with Crippen LogP contribution in [0.1, 0.15) is 38.7 Å². The third-order valence-electron chi connectivity index (χ3n) is 4.57. The number of halogens is 1. The van der Waals surface area contributed by atoms with Gasteiger partial charge in [-0.15, -0.1) is 12.4 Å². The van der Waals surface area contributed by atoms with E-state index in [2.05, 4.69) is 36.2 Å². The molecular formula is C17H27ClN2O. The van der Waals surface area contributed by atoms with Crippen LogP contribution in [-0.4, -0.2) is 37.0 Å². The Morgan fingerprint density at radius 3 is 2.43 bits per heavy atom. The lowest BCUT2D eigenvalue weighted by atomic mass is 9.74. The van der Waals surface area contributed by atoms with Gasteiger partial charge in [0.15, 0.2) is 0 Å². The lowest BCUT2D eigenvalue weighted by Gasteiger charge is -2.36. The maximum atomic E-state index is 13.1. The molecule has 1 amide bonds. The molecule has 4 heteroatoms. The van der Waals surface area contributed by atoms with Crippen molar-refractivity contribution in [3.05, 3.63) is 35.9 Å². The molecule has 1 aromatic carbocycles. The standard InChI is InChI=1S/C17H26N2O.ClH/c1-3-17(4-2,15-9-6-5-7-10-15)16(20)19-13-8-11-18-12-14-19;/h5-7,9-10,18H,3-4,8,11-14H2,1-2H3;1H. The number of amides is 1. The Kier molecular flexibility index (Phi) is 7.20. The molecule has 1 aromatic rings. The van der Waals surface area contributed by atoms with Gasteiger partial charge in [0.05, 0.1) is 5.41 Å². The van der Waals surface area contributed by atoms with Gasteiger partial charge in [-0.05, 0) is 31.4 Å². The SMILES string of the molecule is CCC(CC)(C(=O)N1CCCNCC1)c1ccccc1.Cl. The van der Waals surface area contributed by atoms with Crippen molar-refractivity contribution in [3.8, 4) is 0 Å². The summed E-state index contributed by atoms with van der Waals surface area (Å²) in [7, 11) is 0. The maximum Gasteiger partial charge on any atom is 0.233 e. The lowest BCUT2D eigenvalue weighted by Crippen LogP contribution is -2.47. The molecule has 0 unspecified atom stereocenters. The normalized spacial score (nSPS) is 16.0. The second-order valence-corrected chi connectivity index (χ2v) is 5.55. The van der Waals surface area contributed by atoms with Crippen LogP contribution in [-0.2, 0) is 10.2 Å². The van der Waals surface area contributed by atoms with Crippen LogP contribution in [0.25, 0.3) is 0 Å². The summed E-state index contributed by atoms with van der Waals surface area (Å²) in [6.45, 7) is 7.88. The molecule has 3 nitrogen and oxygen atoms in total. The number of hydrogen-bond acceptors (Lipinski definition) is 2. The highest BCUT2D eigenvalue weighted by Crippen LogP contribution is 2.34. The molecular weight excluding hydrogens is 284 g/mol. The van der Waals surface area contributed by atoms with Crippen LogP contribution in [0.3, 0.4) is 0 Å². The molecule has 1 saturated heterocycles. The fourth-order valence-electron chi connectivity index (χ4n) is 3.19. The number of nitrogens with zero attached hydrogens (tertiary/aromatic N) is 1. The highest BCUT2D eigenvalue weighted by molar-refractivity contribution is 5.88. The highest BCUT2D eigenvalue weighted by Gasteiger charge is 2.39. The van der Waals surface area contributed by atoms with Crippen molar-refractivity contribution in [2.24, 2.45) is 0 Å². The third kappa shape index (κ3) is 3.78. The van der Waals surface area contributed by atoms with Gasteiger partial charge in [-0.3, -0.25) is 4.79 Å². The van der Waals surface area contributed by atoms with Crippen molar-refractivity contribution >= 4 is 18.3 Å². The zero-order chi connectivity index (χ0) is 14.4. The summed E-state index contributed by atoms with van der Waals surface area (Å²) in [5.41, 5.74) is 0.804. The quantitative estimate of drug-likeness (QED) is 0.927. The average molecular weight is 311 g/mol. The number of rotatable bonds is 4. The summed E-state index contributed by atoms with van der Waals surface area (Å²) < 4.78 is 0. The average Bonchev–Trinajstić information content (AvgIpc) is 2.79. The molecule has 0 spiro atoms. The number of nitrogens with one attached hydrogen (secondary N) is 1. The van der Waals surface area contributed by atoms with Crippen LogP contribution in [0.15, 0.2) is 30.3 Å². The van der Waals surface area contributed by atoms with E-state index in [9.17, 15) is 4.79 Å². The van der Waals surface area contributed by atoms with Gasteiger partial charge in [0.25, 0.3) is 0 Å². The van der Waals surface area contributed by atoms with Gasteiger partial charge >= 0.3 is 0 Å². The molecule has 21 heavy (non-hydrogen) atoms. The molecule has 1 aliphatic heterocycles. The summed E-state index contributed by atoms with van der Waals surface area (Å²) in [5.74, 6) is 0.303. The fraction of sp³-hybridized carbons (Fsp3) is 0.588. The van der Waals surface area contributed by atoms with Crippen molar-refractivity contribution in [3.63, 3.8) is 0 Å². The molecule has 0 aliphatic carbocycles. The topological polar surface area (TPSA) is 32.3 Å². The lowest BCUT2D eigenvalue weighted by molar-refractivity contribution is -0.137. The minimum absolute atomic E-state index is 0. The van der Waals surface area contributed by atoms with Crippen LogP contribution in [0.4, 0.5) is 0 Å². The van der Waals surface area contributed by atoms with Crippen LogP contribution in [0.5, 0.6) is 0 Å². The van der Waals surface area contributed by atoms with Gasteiger partial charge < -0.3 is 10.2 Å². The molecule has 118 valence electrons. The first-order valence-corrected chi connectivity index (χ1v) is 7.80. The molecule has 1 N–H and O–H groups in total. The first-order valence-electron chi connectivity index (χ1n) is 7.80. The van der Waals surface area contributed by atoms with Crippen molar-refractivity contribution in [1.82, 2.24) is 10.2 Å². The second-order valence-electron chi connectivity index (χ2n) is 5.55. The summed E-state index contributed by atoms with van der Waals surface area (Å²) in [6.07, 6.45) is 2.76. The van der Waals surface area contributed by atoms with E-state index in [1.54, 1.807) is 0 Å². The van der Waals surface area contributed by atoms with Crippen molar-refractivity contribution < 1.29 is 4.79 Å². The number of hydrogen-bond donors (Lipinski definition) is 1. The van der Waals surface area contributed by atoms with Gasteiger partial charge in [-0.25, -0.2) is 0 Å².